The van der Waals surface area contributed by atoms with Gasteiger partial charge in [0.2, 0.25) is 5.91 Å². The third kappa shape index (κ3) is 3.41. The zero-order valence-corrected chi connectivity index (χ0v) is 8.36. The summed E-state index contributed by atoms with van der Waals surface area (Å²) in [5.74, 6) is -1.01. The van der Waals surface area contributed by atoms with E-state index in [1.807, 2.05) is 6.92 Å². The van der Waals surface area contributed by atoms with E-state index in [-0.39, 0.29) is 6.04 Å². The third-order valence-corrected chi connectivity index (χ3v) is 1.90. The number of aromatic amines is 1. The molecule has 0 fully saturated rings. The lowest BCUT2D eigenvalue weighted by molar-refractivity contribution is -0.140. The molecular formula is C9H13N3O3. The molecule has 1 aromatic rings. The van der Waals surface area contributed by atoms with Gasteiger partial charge in [-0.25, -0.2) is 4.98 Å². The minimum absolute atomic E-state index is 0.258. The van der Waals surface area contributed by atoms with Crippen LogP contribution in [0.25, 0.3) is 0 Å². The quantitative estimate of drug-likeness (QED) is 0.616. The lowest BCUT2D eigenvalue weighted by atomic mass is 10.2. The molecule has 1 heterocycles. The van der Waals surface area contributed by atoms with E-state index >= 15 is 0 Å². The van der Waals surface area contributed by atoms with Gasteiger partial charge in [-0.3, -0.25) is 9.59 Å². The van der Waals surface area contributed by atoms with Crippen LogP contribution in [0.4, 0.5) is 0 Å². The van der Waals surface area contributed by atoms with Crippen molar-refractivity contribution in [2.24, 2.45) is 0 Å². The van der Waals surface area contributed by atoms with E-state index in [4.69, 9.17) is 5.11 Å². The van der Waals surface area contributed by atoms with Gasteiger partial charge in [-0.1, -0.05) is 6.92 Å². The van der Waals surface area contributed by atoms with Crippen molar-refractivity contribution < 1.29 is 14.7 Å². The molecule has 1 atom stereocenters. The van der Waals surface area contributed by atoms with Crippen LogP contribution in [0.2, 0.25) is 0 Å². The molecule has 0 radical (unpaired) electrons. The van der Waals surface area contributed by atoms with Crippen LogP contribution in [0.15, 0.2) is 12.4 Å². The summed E-state index contributed by atoms with van der Waals surface area (Å²) in [7, 11) is 0. The summed E-state index contributed by atoms with van der Waals surface area (Å²) >= 11 is 0. The van der Waals surface area contributed by atoms with E-state index in [9.17, 15) is 9.59 Å². The van der Waals surface area contributed by atoms with Crippen molar-refractivity contribution in [3.63, 3.8) is 0 Å². The number of nitrogens with zero attached hydrogens (tertiary/aromatic N) is 1. The topological polar surface area (TPSA) is 95.1 Å². The summed E-state index contributed by atoms with van der Waals surface area (Å²) in [6.45, 7) is 1.88. The lowest BCUT2D eigenvalue weighted by Gasteiger charge is -2.13. The van der Waals surface area contributed by atoms with Crippen molar-refractivity contribution in [2.45, 2.75) is 25.8 Å². The van der Waals surface area contributed by atoms with Crippen molar-refractivity contribution in [3.05, 3.63) is 18.2 Å². The summed E-state index contributed by atoms with van der Waals surface area (Å²) in [5.41, 5.74) is 0. The number of carboxylic acid groups (broad SMARTS) is 1. The van der Waals surface area contributed by atoms with Gasteiger partial charge in [0.1, 0.15) is 12.2 Å². The van der Waals surface area contributed by atoms with Gasteiger partial charge in [0.15, 0.2) is 0 Å². The average molecular weight is 211 g/mol. The van der Waals surface area contributed by atoms with Crippen molar-refractivity contribution >= 4 is 11.9 Å². The van der Waals surface area contributed by atoms with Crippen molar-refractivity contribution in [2.75, 3.05) is 0 Å². The van der Waals surface area contributed by atoms with Crippen molar-refractivity contribution in [1.82, 2.24) is 15.3 Å². The molecule has 0 spiro atoms. The van der Waals surface area contributed by atoms with E-state index in [0.29, 0.717) is 12.2 Å². The number of rotatable bonds is 5. The van der Waals surface area contributed by atoms with E-state index in [2.05, 4.69) is 15.3 Å². The molecule has 3 N–H and O–H groups in total. The minimum atomic E-state index is -1.14. The molecule has 0 aliphatic rings. The molecule has 0 bridgehead atoms. The van der Waals surface area contributed by atoms with Gasteiger partial charge in [-0.15, -0.1) is 0 Å². The van der Waals surface area contributed by atoms with Gasteiger partial charge in [0, 0.05) is 12.4 Å². The second kappa shape index (κ2) is 5.14. The molecule has 0 saturated heterocycles. The molecule has 1 unspecified atom stereocenters. The van der Waals surface area contributed by atoms with Crippen molar-refractivity contribution in [1.29, 1.82) is 0 Å². The third-order valence-electron chi connectivity index (χ3n) is 1.90. The lowest BCUT2D eigenvalue weighted by Crippen LogP contribution is -2.30. The number of carbonyl (C=O) groups is 2. The Bertz CT molecular complexity index is 334. The first-order valence-electron chi connectivity index (χ1n) is 4.64. The SMILES string of the molecule is CCC(NC(=O)CC(=O)O)c1ncc[nH]1. The highest BCUT2D eigenvalue weighted by Gasteiger charge is 2.16. The molecule has 1 rings (SSSR count). The summed E-state index contributed by atoms with van der Waals surface area (Å²) in [4.78, 5) is 28.3. The number of H-pyrrole nitrogens is 1. The van der Waals surface area contributed by atoms with Gasteiger partial charge in [-0.2, -0.15) is 0 Å². The molecule has 6 heteroatoms. The fourth-order valence-corrected chi connectivity index (χ4v) is 1.21. The van der Waals surface area contributed by atoms with Crippen LogP contribution in [0, 0.1) is 0 Å². The minimum Gasteiger partial charge on any atom is -0.481 e. The van der Waals surface area contributed by atoms with Crippen LogP contribution in [-0.4, -0.2) is 27.0 Å². The molecule has 0 aromatic carbocycles. The highest BCUT2D eigenvalue weighted by atomic mass is 16.4. The summed E-state index contributed by atoms with van der Waals surface area (Å²) in [6.07, 6.45) is 3.37. The Hall–Kier alpha value is -1.85. The Kier molecular flexibility index (Phi) is 3.84. The largest absolute Gasteiger partial charge is 0.481 e. The Morgan fingerprint density at radius 2 is 2.40 bits per heavy atom. The second-order valence-corrected chi connectivity index (χ2v) is 3.07. The number of aliphatic carboxylic acids is 1. The number of imidazole rings is 1. The first kappa shape index (κ1) is 11.2. The molecular weight excluding hydrogens is 198 g/mol. The summed E-state index contributed by atoms with van der Waals surface area (Å²) < 4.78 is 0. The Labute approximate surface area is 86.7 Å². The fourth-order valence-electron chi connectivity index (χ4n) is 1.21. The van der Waals surface area contributed by atoms with Crippen LogP contribution in [0.3, 0.4) is 0 Å². The molecule has 0 aliphatic carbocycles. The Morgan fingerprint density at radius 1 is 1.67 bits per heavy atom. The van der Waals surface area contributed by atoms with Gasteiger partial charge >= 0.3 is 5.97 Å². The summed E-state index contributed by atoms with van der Waals surface area (Å²) in [6, 6.07) is -0.258. The molecule has 0 aliphatic heterocycles. The normalized spacial score (nSPS) is 12.1. The summed E-state index contributed by atoms with van der Waals surface area (Å²) in [5, 5.41) is 11.0. The maximum atomic E-state index is 11.2. The standard InChI is InChI=1S/C9H13N3O3/c1-2-6(9-10-3-4-11-9)12-7(13)5-8(14)15/h3-4,6H,2,5H2,1H3,(H,10,11)(H,12,13)(H,14,15). The van der Waals surface area contributed by atoms with Gasteiger partial charge < -0.3 is 15.4 Å². The van der Waals surface area contributed by atoms with E-state index in [0.717, 1.165) is 0 Å². The molecule has 1 aromatic heterocycles. The second-order valence-electron chi connectivity index (χ2n) is 3.07. The predicted molar refractivity (Wildman–Crippen MR) is 52.0 cm³/mol. The molecule has 6 nitrogen and oxygen atoms in total. The zero-order valence-electron chi connectivity index (χ0n) is 8.36. The number of hydrogen-bond donors (Lipinski definition) is 3. The fraction of sp³-hybridized carbons (Fsp3) is 0.444. The monoisotopic (exact) mass is 211 g/mol. The Balaban J connectivity index is 2.54. The van der Waals surface area contributed by atoms with Gasteiger partial charge in [0.05, 0.1) is 6.04 Å². The highest BCUT2D eigenvalue weighted by Crippen LogP contribution is 2.10. The first-order valence-corrected chi connectivity index (χ1v) is 4.64. The van der Waals surface area contributed by atoms with E-state index in [1.54, 1.807) is 12.4 Å². The van der Waals surface area contributed by atoms with E-state index in [1.165, 1.54) is 0 Å². The van der Waals surface area contributed by atoms with Crippen LogP contribution < -0.4 is 5.32 Å². The number of carboxylic acids is 1. The van der Waals surface area contributed by atoms with Crippen LogP contribution in [-0.2, 0) is 9.59 Å². The number of nitrogens with one attached hydrogen (secondary N) is 2. The van der Waals surface area contributed by atoms with Gasteiger partial charge in [0.25, 0.3) is 0 Å². The number of amides is 1. The first-order chi connectivity index (χ1) is 7.13. The number of aromatic nitrogens is 2. The highest BCUT2D eigenvalue weighted by molar-refractivity contribution is 5.93. The maximum absolute atomic E-state index is 11.2. The molecule has 82 valence electrons. The molecule has 1 amide bonds. The Morgan fingerprint density at radius 3 is 2.87 bits per heavy atom. The van der Waals surface area contributed by atoms with E-state index < -0.39 is 18.3 Å². The van der Waals surface area contributed by atoms with Gasteiger partial charge in [-0.05, 0) is 6.42 Å². The predicted octanol–water partition coefficient (Wildman–Crippen LogP) is 0.452. The number of hydrogen-bond acceptors (Lipinski definition) is 3. The zero-order chi connectivity index (χ0) is 11.3. The molecule has 0 saturated carbocycles. The van der Waals surface area contributed by atoms with Crippen LogP contribution in [0.5, 0.6) is 0 Å². The average Bonchev–Trinajstić information content (AvgIpc) is 2.65. The molecule has 15 heavy (non-hydrogen) atoms. The smallest absolute Gasteiger partial charge is 0.312 e. The van der Waals surface area contributed by atoms with Crippen LogP contribution in [0.1, 0.15) is 31.6 Å². The van der Waals surface area contributed by atoms with Crippen LogP contribution >= 0.6 is 0 Å². The van der Waals surface area contributed by atoms with Crippen molar-refractivity contribution in [3.8, 4) is 0 Å². The maximum Gasteiger partial charge on any atom is 0.312 e. The number of carbonyl (C=O) groups excluding carboxylic acids is 1.